The number of nitrogens with one attached hydrogen (secondary N) is 2. The Labute approximate surface area is 241 Å². The first-order valence-corrected chi connectivity index (χ1v) is 15.7. The van der Waals surface area contributed by atoms with Gasteiger partial charge in [-0.3, -0.25) is 14.4 Å². The van der Waals surface area contributed by atoms with Crippen molar-refractivity contribution in [3.8, 4) is 11.1 Å². The summed E-state index contributed by atoms with van der Waals surface area (Å²) >= 11 is 0. The number of carbonyl (C=O) groups excluding carboxylic acids is 3. The zero-order chi connectivity index (χ0) is 28.3. The van der Waals surface area contributed by atoms with Crippen LogP contribution in [0.4, 0.5) is 4.39 Å². The van der Waals surface area contributed by atoms with Crippen molar-refractivity contribution in [2.24, 2.45) is 5.92 Å². The van der Waals surface area contributed by atoms with Gasteiger partial charge in [0.2, 0.25) is 17.7 Å². The minimum atomic E-state index is -1.69. The summed E-state index contributed by atoms with van der Waals surface area (Å²) < 4.78 is 14.3. The Hall–Kier alpha value is -2.36. The zero-order valence-electron chi connectivity index (χ0n) is 23.0. The Morgan fingerprint density at radius 2 is 1.57 bits per heavy atom. The van der Waals surface area contributed by atoms with Crippen LogP contribution in [-0.4, -0.2) is 53.4 Å². The lowest BCUT2D eigenvalue weighted by Gasteiger charge is -2.32. The number of unbranched alkanes of at least 4 members (excludes halogenated alkanes) is 1. The maximum Gasteiger partial charge on any atom is 0.245 e. The van der Waals surface area contributed by atoms with Crippen molar-refractivity contribution in [2.45, 2.75) is 74.4 Å². The smallest absolute Gasteiger partial charge is 0.245 e. The highest BCUT2D eigenvalue weighted by atomic mass is 31.1. The second kappa shape index (κ2) is 12.2. The number of halogens is 1. The van der Waals surface area contributed by atoms with Gasteiger partial charge in [-0.1, -0.05) is 86.3 Å². The molecule has 2 aromatic rings. The van der Waals surface area contributed by atoms with Crippen LogP contribution in [-0.2, 0) is 19.8 Å². The van der Waals surface area contributed by atoms with Crippen molar-refractivity contribution < 1.29 is 18.8 Å². The molecule has 3 aliphatic rings. The second-order valence-electron chi connectivity index (χ2n) is 11.6. The van der Waals surface area contributed by atoms with Crippen molar-refractivity contribution >= 4 is 36.2 Å². The van der Waals surface area contributed by atoms with Crippen LogP contribution in [0.15, 0.2) is 48.5 Å². The number of likely N-dealkylation sites (tertiary alicyclic amines) is 1. The summed E-state index contributed by atoms with van der Waals surface area (Å²) in [7, 11) is 4.22. The Kier molecular flexibility index (Phi) is 8.92. The molecule has 9 heteroatoms. The third-order valence-corrected chi connectivity index (χ3v) is 9.20. The van der Waals surface area contributed by atoms with Gasteiger partial charge in [0.15, 0.2) is 5.15 Å². The van der Waals surface area contributed by atoms with E-state index >= 15 is 0 Å². The summed E-state index contributed by atoms with van der Waals surface area (Å²) in [5.41, 5.74) is 3.01. The fraction of sp³-hybridized carbons (Fsp3) is 0.516. The van der Waals surface area contributed by atoms with E-state index in [1.54, 1.807) is 0 Å². The third-order valence-electron chi connectivity index (χ3n) is 8.79. The number of hydrogen-bond donors (Lipinski definition) is 2. The second-order valence-corrected chi connectivity index (χ2v) is 14.2. The van der Waals surface area contributed by atoms with E-state index in [1.165, 1.54) is 6.42 Å². The Balaban J connectivity index is 1.25. The number of nitrogens with zero attached hydrogens (tertiary/aromatic N) is 1. The van der Waals surface area contributed by atoms with Crippen molar-refractivity contribution in [3.05, 3.63) is 59.7 Å². The van der Waals surface area contributed by atoms with Gasteiger partial charge in [0.1, 0.15) is 11.5 Å². The highest BCUT2D eigenvalue weighted by Crippen LogP contribution is 2.51. The molecule has 214 valence electrons. The fourth-order valence-corrected chi connectivity index (χ4v) is 6.97. The normalized spacial score (nSPS) is 20.2. The van der Waals surface area contributed by atoms with Crippen LogP contribution in [0.5, 0.6) is 0 Å². The van der Waals surface area contributed by atoms with Gasteiger partial charge in [-0.25, -0.2) is 4.39 Å². The average Bonchev–Trinajstić information content (AvgIpc) is 3.45. The van der Waals surface area contributed by atoms with E-state index in [2.05, 4.69) is 29.1 Å². The van der Waals surface area contributed by atoms with E-state index in [4.69, 9.17) is 0 Å². The molecular formula is C31H40FN3O3P2. The first-order chi connectivity index (χ1) is 19.2. The van der Waals surface area contributed by atoms with E-state index < -0.39 is 16.6 Å². The molecule has 40 heavy (non-hydrogen) atoms. The van der Waals surface area contributed by atoms with E-state index in [0.717, 1.165) is 54.4 Å². The predicted molar refractivity (Wildman–Crippen MR) is 162 cm³/mol. The van der Waals surface area contributed by atoms with Crippen molar-refractivity contribution in [2.75, 3.05) is 19.6 Å². The Morgan fingerprint density at radius 3 is 2.20 bits per heavy atom. The van der Waals surface area contributed by atoms with E-state index in [-0.39, 0.29) is 30.2 Å². The maximum absolute atomic E-state index is 14.3. The molecule has 0 bridgehead atoms. The molecule has 6 nitrogen and oxygen atoms in total. The van der Waals surface area contributed by atoms with Crippen LogP contribution < -0.4 is 10.6 Å². The highest BCUT2D eigenvalue weighted by molar-refractivity contribution is 7.39. The molecule has 0 aromatic heterocycles. The molecular weight excluding hydrogens is 543 g/mol. The van der Waals surface area contributed by atoms with Gasteiger partial charge in [0.25, 0.3) is 0 Å². The van der Waals surface area contributed by atoms with E-state index in [1.807, 2.05) is 53.4 Å². The molecule has 3 unspecified atom stereocenters. The van der Waals surface area contributed by atoms with Crippen LogP contribution >= 0.6 is 18.5 Å². The summed E-state index contributed by atoms with van der Waals surface area (Å²) in [4.78, 5) is 41.5. The molecule has 2 fully saturated rings. The fourth-order valence-electron chi connectivity index (χ4n) is 6.76. The van der Waals surface area contributed by atoms with Gasteiger partial charge in [0.05, 0.1) is 6.54 Å². The van der Waals surface area contributed by atoms with Gasteiger partial charge in [-0.2, -0.15) is 0 Å². The molecule has 0 spiro atoms. The minimum Gasteiger partial charge on any atom is -0.351 e. The van der Waals surface area contributed by atoms with Crippen molar-refractivity contribution in [3.63, 3.8) is 0 Å². The zero-order valence-corrected chi connectivity index (χ0v) is 25.3. The van der Waals surface area contributed by atoms with E-state index in [9.17, 15) is 18.8 Å². The SMILES string of the molecule is O=C(NC1CCN(CCCCC2(C(=O)NCC(F)(P)P)c3ccccc3-c3ccccc32)C1=O)C1CCCCC1. The molecule has 2 aliphatic carbocycles. The average molecular weight is 584 g/mol. The molecule has 0 radical (unpaired) electrons. The molecule has 3 atom stereocenters. The lowest BCUT2D eigenvalue weighted by molar-refractivity contribution is -0.134. The van der Waals surface area contributed by atoms with Crippen LogP contribution in [0.1, 0.15) is 68.9 Å². The number of fused-ring (bicyclic) bond motifs is 3. The molecule has 2 aromatic carbocycles. The molecule has 2 N–H and O–H groups in total. The summed E-state index contributed by atoms with van der Waals surface area (Å²) in [6, 6.07) is 15.5. The Bertz CT molecular complexity index is 1210. The quantitative estimate of drug-likeness (QED) is 0.308. The van der Waals surface area contributed by atoms with E-state index in [0.29, 0.717) is 32.4 Å². The maximum atomic E-state index is 14.3. The standard InChI is InChI=1S/C31H40FN3O3P2/c32-31(39,40)20-33-29(38)30(24-14-6-4-12-22(24)23-13-5-7-15-25(23)30)17-8-9-18-35-19-16-26(28(35)37)34-27(36)21-10-2-1-3-11-21/h4-7,12-15,21,26H,1-3,8-11,16-20,39-40H2,(H,33,38)(H,34,36). The highest BCUT2D eigenvalue weighted by Gasteiger charge is 2.48. The summed E-state index contributed by atoms with van der Waals surface area (Å²) in [6.45, 7) is 1.08. The predicted octanol–water partition coefficient (Wildman–Crippen LogP) is 4.91. The summed E-state index contributed by atoms with van der Waals surface area (Å²) in [5, 5.41) is 4.20. The molecule has 1 saturated carbocycles. The van der Waals surface area contributed by atoms with Crippen LogP contribution in [0.2, 0.25) is 0 Å². The minimum absolute atomic E-state index is 0.00616. The molecule has 1 aliphatic heterocycles. The monoisotopic (exact) mass is 583 g/mol. The van der Waals surface area contributed by atoms with Crippen molar-refractivity contribution in [1.82, 2.24) is 15.5 Å². The first-order valence-electron chi connectivity index (χ1n) is 14.5. The number of carbonyl (C=O) groups is 3. The van der Waals surface area contributed by atoms with Gasteiger partial charge >= 0.3 is 0 Å². The summed E-state index contributed by atoms with van der Waals surface area (Å²) in [5.74, 6) is -0.150. The summed E-state index contributed by atoms with van der Waals surface area (Å²) in [6.07, 6.45) is 7.81. The van der Waals surface area contributed by atoms with Gasteiger partial charge in [-0.15, -0.1) is 0 Å². The lowest BCUT2D eigenvalue weighted by atomic mass is 9.73. The number of rotatable bonds is 10. The van der Waals surface area contributed by atoms with Crippen LogP contribution in [0.25, 0.3) is 11.1 Å². The lowest BCUT2D eigenvalue weighted by Crippen LogP contribution is -2.46. The molecule has 5 rings (SSSR count). The van der Waals surface area contributed by atoms with Crippen LogP contribution in [0, 0.1) is 5.92 Å². The third kappa shape index (κ3) is 5.97. The number of alkyl halides is 1. The topological polar surface area (TPSA) is 78.5 Å². The molecule has 1 saturated heterocycles. The number of benzene rings is 2. The van der Waals surface area contributed by atoms with Gasteiger partial charge in [0, 0.05) is 19.0 Å². The first kappa shape index (κ1) is 29.1. The number of hydrogen-bond acceptors (Lipinski definition) is 3. The molecule has 1 heterocycles. The van der Waals surface area contributed by atoms with Crippen molar-refractivity contribution in [1.29, 1.82) is 0 Å². The molecule has 3 amide bonds. The largest absolute Gasteiger partial charge is 0.351 e. The van der Waals surface area contributed by atoms with Gasteiger partial charge in [-0.05, 0) is 60.8 Å². The number of amides is 3. The Morgan fingerprint density at radius 1 is 0.950 bits per heavy atom. The van der Waals surface area contributed by atoms with Crippen LogP contribution in [0.3, 0.4) is 0 Å². The van der Waals surface area contributed by atoms with Gasteiger partial charge < -0.3 is 15.5 Å².